The molecule has 1 saturated heterocycles. The number of rotatable bonds is 5. The van der Waals surface area contributed by atoms with E-state index in [4.69, 9.17) is 10.5 Å². The average Bonchev–Trinajstić information content (AvgIpc) is 3.34. The van der Waals surface area contributed by atoms with Crippen molar-refractivity contribution in [1.82, 2.24) is 19.2 Å². The number of piperidine rings is 1. The third-order valence-corrected chi connectivity index (χ3v) is 5.41. The molecule has 0 atom stereocenters. The molecule has 0 unspecified atom stereocenters. The van der Waals surface area contributed by atoms with Crippen molar-refractivity contribution in [3.05, 3.63) is 54.9 Å². The van der Waals surface area contributed by atoms with Crippen LogP contribution in [0.3, 0.4) is 0 Å². The van der Waals surface area contributed by atoms with Crippen LogP contribution in [-0.4, -0.2) is 44.3 Å². The largest absolute Gasteiger partial charge is 0.490 e. The van der Waals surface area contributed by atoms with Gasteiger partial charge in [0.05, 0.1) is 5.52 Å². The minimum atomic E-state index is -0.359. The number of carbonyl (C=O) groups excluding carboxylic acids is 1. The molecule has 0 spiro atoms. The molecule has 8 nitrogen and oxygen atoms in total. The van der Waals surface area contributed by atoms with E-state index in [9.17, 15) is 4.79 Å². The first-order valence-corrected chi connectivity index (χ1v) is 9.76. The van der Waals surface area contributed by atoms with Gasteiger partial charge in [0, 0.05) is 43.7 Å². The molecule has 2 N–H and O–H groups in total. The van der Waals surface area contributed by atoms with Crippen molar-refractivity contribution in [3.8, 4) is 5.75 Å². The summed E-state index contributed by atoms with van der Waals surface area (Å²) in [5.74, 6) is 1.36. The number of nitrogens with two attached hydrogens (primary N) is 1. The molecule has 1 aliphatic rings. The van der Waals surface area contributed by atoms with Gasteiger partial charge in [0.25, 0.3) is 0 Å². The zero-order valence-corrected chi connectivity index (χ0v) is 15.9. The van der Waals surface area contributed by atoms with Crippen LogP contribution in [0.5, 0.6) is 5.75 Å². The summed E-state index contributed by atoms with van der Waals surface area (Å²) in [6.07, 6.45) is 5.81. The summed E-state index contributed by atoms with van der Waals surface area (Å²) in [4.78, 5) is 13.5. The third-order valence-electron chi connectivity index (χ3n) is 5.41. The average molecular weight is 390 g/mol. The molecule has 0 aliphatic carbocycles. The van der Waals surface area contributed by atoms with Gasteiger partial charge in [-0.25, -0.2) is 0 Å². The van der Waals surface area contributed by atoms with Crippen LogP contribution in [0.15, 0.2) is 54.9 Å². The first-order valence-electron chi connectivity index (χ1n) is 9.76. The number of pyridine rings is 1. The maximum Gasteiger partial charge on any atom is 0.237 e. The third kappa shape index (κ3) is 3.26. The fourth-order valence-corrected chi connectivity index (χ4v) is 4.00. The second kappa shape index (κ2) is 7.12. The Bertz CT molecular complexity index is 1170. The molecule has 0 saturated carbocycles. The van der Waals surface area contributed by atoms with Crippen LogP contribution in [-0.2, 0) is 11.3 Å². The van der Waals surface area contributed by atoms with Gasteiger partial charge in [-0.2, -0.15) is 0 Å². The lowest BCUT2D eigenvalue weighted by Gasteiger charge is -2.32. The summed E-state index contributed by atoms with van der Waals surface area (Å²) >= 11 is 0. The number of fused-ring (bicyclic) bond motifs is 2. The minimum absolute atomic E-state index is 0.135. The molecule has 0 radical (unpaired) electrons. The van der Waals surface area contributed by atoms with Gasteiger partial charge in [-0.05, 0) is 30.3 Å². The molecule has 4 heterocycles. The molecule has 3 aromatic heterocycles. The summed E-state index contributed by atoms with van der Waals surface area (Å²) in [7, 11) is 0. The molecule has 29 heavy (non-hydrogen) atoms. The van der Waals surface area contributed by atoms with Crippen LogP contribution in [0.25, 0.3) is 16.6 Å². The van der Waals surface area contributed by atoms with E-state index >= 15 is 0 Å². The number of benzene rings is 1. The van der Waals surface area contributed by atoms with Crippen LogP contribution in [0, 0.1) is 0 Å². The Labute approximate surface area is 167 Å². The molecule has 0 bridgehead atoms. The standard InChI is InChI=1S/C21H22N6O2/c22-19(28)14-26-13-9-16-17(26)4-3-5-18(16)29-15-7-11-25(12-8-15)21-24-23-20-6-1-2-10-27(20)21/h1-6,9-10,13,15H,7-8,11-12,14H2,(H2,22,28). The predicted octanol–water partition coefficient (Wildman–Crippen LogP) is 2.22. The highest BCUT2D eigenvalue weighted by atomic mass is 16.5. The molecular weight excluding hydrogens is 368 g/mol. The highest BCUT2D eigenvalue weighted by Gasteiger charge is 2.24. The molecule has 1 fully saturated rings. The van der Waals surface area contributed by atoms with E-state index in [0.29, 0.717) is 0 Å². The van der Waals surface area contributed by atoms with Gasteiger partial charge in [-0.3, -0.25) is 9.20 Å². The molecular formula is C21H22N6O2. The first kappa shape index (κ1) is 17.5. The zero-order chi connectivity index (χ0) is 19.8. The number of aromatic nitrogens is 4. The van der Waals surface area contributed by atoms with E-state index in [0.717, 1.165) is 54.2 Å². The van der Waals surface area contributed by atoms with E-state index < -0.39 is 0 Å². The molecule has 5 rings (SSSR count). The highest BCUT2D eigenvalue weighted by molar-refractivity contribution is 5.87. The van der Waals surface area contributed by atoms with Crippen LogP contribution in [0.4, 0.5) is 5.95 Å². The van der Waals surface area contributed by atoms with Crippen molar-refractivity contribution in [2.75, 3.05) is 18.0 Å². The van der Waals surface area contributed by atoms with Crippen LogP contribution in [0.1, 0.15) is 12.8 Å². The number of anilines is 1. The molecule has 1 aromatic carbocycles. The smallest absolute Gasteiger partial charge is 0.237 e. The fraction of sp³-hybridized carbons (Fsp3) is 0.286. The van der Waals surface area contributed by atoms with Crippen LogP contribution < -0.4 is 15.4 Å². The lowest BCUT2D eigenvalue weighted by atomic mass is 10.1. The maximum atomic E-state index is 11.3. The number of nitrogens with zero attached hydrogens (tertiary/aromatic N) is 5. The van der Waals surface area contributed by atoms with Crippen molar-refractivity contribution in [3.63, 3.8) is 0 Å². The van der Waals surface area contributed by atoms with Gasteiger partial charge in [-0.15, -0.1) is 10.2 Å². The van der Waals surface area contributed by atoms with Crippen LogP contribution in [0.2, 0.25) is 0 Å². The SMILES string of the molecule is NC(=O)Cn1ccc2c(OC3CCN(c4nnc5ccccn45)CC3)cccc21. The van der Waals surface area contributed by atoms with E-state index in [-0.39, 0.29) is 18.6 Å². The summed E-state index contributed by atoms with van der Waals surface area (Å²) < 4.78 is 10.2. The Kier molecular flexibility index (Phi) is 4.31. The monoisotopic (exact) mass is 390 g/mol. The van der Waals surface area contributed by atoms with Crippen molar-refractivity contribution >= 4 is 28.4 Å². The van der Waals surface area contributed by atoms with Crippen molar-refractivity contribution in [1.29, 1.82) is 0 Å². The topological polar surface area (TPSA) is 90.7 Å². The van der Waals surface area contributed by atoms with Gasteiger partial charge < -0.3 is 19.9 Å². The van der Waals surface area contributed by atoms with Gasteiger partial charge in [0.1, 0.15) is 18.4 Å². The fourth-order valence-electron chi connectivity index (χ4n) is 4.00. The number of carbonyl (C=O) groups is 1. The lowest BCUT2D eigenvalue weighted by molar-refractivity contribution is -0.118. The summed E-state index contributed by atoms with van der Waals surface area (Å²) in [6.45, 7) is 1.88. The Morgan fingerprint density at radius 1 is 1.07 bits per heavy atom. The summed E-state index contributed by atoms with van der Waals surface area (Å²) in [6, 6.07) is 13.8. The quantitative estimate of drug-likeness (QED) is 0.564. The van der Waals surface area contributed by atoms with E-state index in [1.54, 1.807) is 0 Å². The lowest BCUT2D eigenvalue weighted by Crippen LogP contribution is -2.39. The number of ether oxygens (including phenoxy) is 1. The Hall–Kier alpha value is -3.55. The maximum absolute atomic E-state index is 11.3. The number of primary amides is 1. The molecule has 4 aromatic rings. The van der Waals surface area contributed by atoms with E-state index in [2.05, 4.69) is 15.1 Å². The predicted molar refractivity (Wildman–Crippen MR) is 110 cm³/mol. The number of hydrogen-bond acceptors (Lipinski definition) is 5. The molecule has 148 valence electrons. The first-order chi connectivity index (χ1) is 14.2. The Morgan fingerprint density at radius 3 is 2.76 bits per heavy atom. The van der Waals surface area contributed by atoms with Crippen molar-refractivity contribution < 1.29 is 9.53 Å². The van der Waals surface area contributed by atoms with Crippen molar-refractivity contribution in [2.45, 2.75) is 25.5 Å². The summed E-state index contributed by atoms with van der Waals surface area (Å²) in [5, 5.41) is 9.59. The van der Waals surface area contributed by atoms with Gasteiger partial charge in [0.15, 0.2) is 5.65 Å². The van der Waals surface area contributed by atoms with Crippen molar-refractivity contribution in [2.24, 2.45) is 5.73 Å². The summed E-state index contributed by atoms with van der Waals surface area (Å²) in [5.41, 5.74) is 7.15. The van der Waals surface area contributed by atoms with Crippen LogP contribution >= 0.6 is 0 Å². The zero-order valence-electron chi connectivity index (χ0n) is 15.9. The van der Waals surface area contributed by atoms with E-state index in [1.807, 2.05) is 63.8 Å². The minimum Gasteiger partial charge on any atom is -0.490 e. The molecule has 1 amide bonds. The van der Waals surface area contributed by atoms with Gasteiger partial charge >= 0.3 is 0 Å². The molecule has 8 heteroatoms. The second-order valence-corrected chi connectivity index (χ2v) is 7.33. The Balaban J connectivity index is 1.30. The van der Waals surface area contributed by atoms with E-state index in [1.165, 1.54) is 0 Å². The highest BCUT2D eigenvalue weighted by Crippen LogP contribution is 2.29. The van der Waals surface area contributed by atoms with Gasteiger partial charge in [0.2, 0.25) is 11.9 Å². The number of hydrogen-bond donors (Lipinski definition) is 1. The molecule has 1 aliphatic heterocycles. The van der Waals surface area contributed by atoms with Gasteiger partial charge in [-0.1, -0.05) is 12.1 Å². The normalized spacial score (nSPS) is 15.2. The number of amides is 1. The second-order valence-electron chi connectivity index (χ2n) is 7.33. The Morgan fingerprint density at radius 2 is 1.93 bits per heavy atom.